The van der Waals surface area contributed by atoms with E-state index >= 15 is 0 Å². The number of carbonyl (C=O) groups is 1. The van der Waals surface area contributed by atoms with Crippen molar-refractivity contribution >= 4 is 23.4 Å². The van der Waals surface area contributed by atoms with Crippen LogP contribution in [0.5, 0.6) is 0 Å². The molecule has 2 fully saturated rings. The average molecular weight is 391 g/mol. The molecule has 2 saturated heterocycles. The molecule has 0 saturated carbocycles. The monoisotopic (exact) mass is 391 g/mol. The predicted molar refractivity (Wildman–Crippen MR) is 112 cm³/mol. The van der Waals surface area contributed by atoms with Crippen LogP contribution in [0.4, 0.5) is 5.82 Å². The van der Waals surface area contributed by atoms with Crippen LogP contribution in [0.1, 0.15) is 44.1 Å². The van der Waals surface area contributed by atoms with Crippen molar-refractivity contribution in [2.45, 2.75) is 38.5 Å². The van der Waals surface area contributed by atoms with Gasteiger partial charge in [-0.3, -0.25) is 14.0 Å². The summed E-state index contributed by atoms with van der Waals surface area (Å²) in [5, 5.41) is 9.69. The number of piperidine rings is 2. The van der Waals surface area contributed by atoms with Crippen molar-refractivity contribution in [2.75, 3.05) is 31.1 Å². The first-order valence-electron chi connectivity index (χ1n) is 10.4. The van der Waals surface area contributed by atoms with Gasteiger partial charge in [-0.15, -0.1) is 0 Å². The van der Waals surface area contributed by atoms with Gasteiger partial charge in [-0.2, -0.15) is 5.26 Å². The fourth-order valence-corrected chi connectivity index (χ4v) is 4.12. The maximum atomic E-state index is 13.3. The van der Waals surface area contributed by atoms with E-state index in [0.717, 1.165) is 51.6 Å². The van der Waals surface area contributed by atoms with E-state index in [9.17, 15) is 14.9 Å². The molecule has 2 aromatic heterocycles. The average Bonchev–Trinajstić information content (AvgIpc) is 2.79. The summed E-state index contributed by atoms with van der Waals surface area (Å²) in [6, 6.07) is 7.44. The Balaban J connectivity index is 1.82. The van der Waals surface area contributed by atoms with Crippen molar-refractivity contribution in [3.63, 3.8) is 0 Å². The Hall–Kier alpha value is -3.14. The second-order valence-corrected chi connectivity index (χ2v) is 7.65. The van der Waals surface area contributed by atoms with Crippen molar-refractivity contribution < 1.29 is 4.79 Å². The van der Waals surface area contributed by atoms with Gasteiger partial charge in [0.2, 0.25) is 0 Å². The lowest BCUT2D eigenvalue weighted by Crippen LogP contribution is -2.36. The molecule has 2 aliphatic heterocycles. The molecule has 7 heteroatoms. The maximum absolute atomic E-state index is 13.3. The van der Waals surface area contributed by atoms with Crippen molar-refractivity contribution in [3.05, 3.63) is 45.9 Å². The zero-order chi connectivity index (χ0) is 20.2. The molecule has 29 heavy (non-hydrogen) atoms. The number of rotatable bonds is 3. The highest BCUT2D eigenvalue weighted by atomic mass is 16.2. The van der Waals surface area contributed by atoms with Crippen molar-refractivity contribution in [1.82, 2.24) is 14.3 Å². The number of hydrogen-bond donors (Lipinski definition) is 0. The van der Waals surface area contributed by atoms with Crippen molar-refractivity contribution in [3.8, 4) is 6.07 Å². The number of likely N-dealkylation sites (tertiary alicyclic amines) is 1. The summed E-state index contributed by atoms with van der Waals surface area (Å²) < 4.78 is 1.47. The summed E-state index contributed by atoms with van der Waals surface area (Å²) in [7, 11) is 0. The highest BCUT2D eigenvalue weighted by molar-refractivity contribution is 6.02. The summed E-state index contributed by atoms with van der Waals surface area (Å²) >= 11 is 0. The fraction of sp³-hybridized carbons (Fsp3) is 0.455. The number of anilines is 1. The minimum Gasteiger partial charge on any atom is -0.356 e. The summed E-state index contributed by atoms with van der Waals surface area (Å²) in [6.45, 7) is 2.95. The molecule has 0 aliphatic carbocycles. The van der Waals surface area contributed by atoms with Crippen LogP contribution in [0.3, 0.4) is 0 Å². The second kappa shape index (κ2) is 8.48. The Morgan fingerprint density at radius 2 is 1.72 bits per heavy atom. The normalized spacial score (nSPS) is 18.0. The van der Waals surface area contributed by atoms with Gasteiger partial charge in [-0.1, -0.05) is 6.07 Å². The first-order valence-corrected chi connectivity index (χ1v) is 10.4. The molecule has 0 N–H and O–H groups in total. The van der Waals surface area contributed by atoms with Crippen LogP contribution in [-0.4, -0.2) is 46.4 Å². The van der Waals surface area contributed by atoms with Gasteiger partial charge in [-0.05, 0) is 56.7 Å². The summed E-state index contributed by atoms with van der Waals surface area (Å²) in [5.41, 5.74) is 0.629. The van der Waals surface area contributed by atoms with Crippen LogP contribution in [0, 0.1) is 11.3 Å². The van der Waals surface area contributed by atoms with E-state index in [1.165, 1.54) is 10.5 Å². The van der Waals surface area contributed by atoms with Crippen molar-refractivity contribution in [1.29, 1.82) is 5.26 Å². The quantitative estimate of drug-likeness (QED) is 0.593. The molecule has 0 radical (unpaired) electrons. The molecule has 0 atom stereocenters. The van der Waals surface area contributed by atoms with E-state index in [2.05, 4.69) is 4.90 Å². The third-order valence-corrected chi connectivity index (χ3v) is 5.69. The molecule has 2 aromatic rings. The third-order valence-electron chi connectivity index (χ3n) is 5.69. The highest BCUT2D eigenvalue weighted by Gasteiger charge is 2.24. The number of pyridine rings is 1. The van der Waals surface area contributed by atoms with Gasteiger partial charge >= 0.3 is 0 Å². The first-order chi connectivity index (χ1) is 14.2. The summed E-state index contributed by atoms with van der Waals surface area (Å²) in [4.78, 5) is 34.7. The van der Waals surface area contributed by atoms with Crippen LogP contribution in [0.2, 0.25) is 0 Å². The van der Waals surface area contributed by atoms with E-state index in [-0.39, 0.29) is 17.0 Å². The molecule has 150 valence electrons. The van der Waals surface area contributed by atoms with Gasteiger partial charge in [0.1, 0.15) is 23.1 Å². The Bertz CT molecular complexity index is 1040. The highest BCUT2D eigenvalue weighted by Crippen LogP contribution is 2.23. The molecular formula is C22H25N5O2. The van der Waals surface area contributed by atoms with Crippen LogP contribution < -0.4 is 10.5 Å². The molecule has 4 rings (SSSR count). The second-order valence-electron chi connectivity index (χ2n) is 7.65. The first kappa shape index (κ1) is 19.2. The zero-order valence-electron chi connectivity index (χ0n) is 16.5. The standard InChI is InChI=1S/C22H25N5O2/c23-16-17(21(28)26-12-6-2-7-13-26)15-18-20(25-10-4-1-5-11-25)24-19-9-3-8-14-27(19)22(18)29/h3,8-9,14-15H,1-2,4-7,10-13H2/b17-15+. The van der Waals surface area contributed by atoms with Gasteiger partial charge in [0, 0.05) is 32.4 Å². The Labute approximate surface area is 169 Å². The number of amides is 1. The van der Waals surface area contributed by atoms with E-state index in [4.69, 9.17) is 4.98 Å². The van der Waals surface area contributed by atoms with E-state index in [1.807, 2.05) is 12.1 Å². The molecule has 0 spiro atoms. The Morgan fingerprint density at radius 1 is 1.03 bits per heavy atom. The number of aromatic nitrogens is 2. The topological polar surface area (TPSA) is 81.7 Å². The van der Waals surface area contributed by atoms with E-state index in [0.29, 0.717) is 30.1 Å². The Kier molecular flexibility index (Phi) is 5.61. The minimum absolute atomic E-state index is 0.0000550. The van der Waals surface area contributed by atoms with Gasteiger partial charge in [0.05, 0.1) is 5.56 Å². The molecule has 4 heterocycles. The number of nitriles is 1. The molecular weight excluding hydrogens is 366 g/mol. The lowest BCUT2D eigenvalue weighted by atomic mass is 10.1. The molecule has 0 aromatic carbocycles. The Morgan fingerprint density at radius 3 is 2.41 bits per heavy atom. The maximum Gasteiger partial charge on any atom is 0.267 e. The summed E-state index contributed by atoms with van der Waals surface area (Å²) in [5.74, 6) is 0.273. The van der Waals surface area contributed by atoms with Crippen LogP contribution in [0.25, 0.3) is 11.7 Å². The molecule has 0 unspecified atom stereocenters. The van der Waals surface area contributed by atoms with Crippen molar-refractivity contribution in [2.24, 2.45) is 0 Å². The predicted octanol–water partition coefficient (Wildman–Crippen LogP) is 2.60. The molecule has 7 nitrogen and oxygen atoms in total. The van der Waals surface area contributed by atoms with E-state index < -0.39 is 0 Å². The van der Waals surface area contributed by atoms with Gasteiger partial charge in [0.25, 0.3) is 11.5 Å². The fourth-order valence-electron chi connectivity index (χ4n) is 4.12. The molecule has 2 aliphatic rings. The zero-order valence-corrected chi connectivity index (χ0v) is 16.5. The number of hydrogen-bond acceptors (Lipinski definition) is 5. The van der Waals surface area contributed by atoms with Crippen LogP contribution in [-0.2, 0) is 4.79 Å². The lowest BCUT2D eigenvalue weighted by Gasteiger charge is -2.29. The third kappa shape index (κ3) is 3.88. The van der Waals surface area contributed by atoms with Gasteiger partial charge < -0.3 is 9.80 Å². The summed E-state index contributed by atoms with van der Waals surface area (Å²) in [6.07, 6.45) is 9.35. The SMILES string of the molecule is N#C/C(=C\c1c(N2CCCCC2)nc2ccccn2c1=O)C(=O)N1CCCCC1. The van der Waals surface area contributed by atoms with E-state index in [1.54, 1.807) is 23.2 Å². The number of nitrogens with zero attached hydrogens (tertiary/aromatic N) is 5. The largest absolute Gasteiger partial charge is 0.356 e. The number of carbonyl (C=O) groups excluding carboxylic acids is 1. The minimum atomic E-state index is -0.297. The van der Waals surface area contributed by atoms with Crippen LogP contribution in [0.15, 0.2) is 34.8 Å². The van der Waals surface area contributed by atoms with Gasteiger partial charge in [-0.25, -0.2) is 4.98 Å². The molecule has 1 amide bonds. The van der Waals surface area contributed by atoms with Crippen LogP contribution >= 0.6 is 0 Å². The lowest BCUT2D eigenvalue weighted by molar-refractivity contribution is -0.127. The molecule has 0 bridgehead atoms. The van der Waals surface area contributed by atoms with Gasteiger partial charge in [0.15, 0.2) is 0 Å². The smallest absolute Gasteiger partial charge is 0.267 e. The number of fused-ring (bicyclic) bond motifs is 1.